The number of hydrogen-bond donors (Lipinski definition) is 0. The summed E-state index contributed by atoms with van der Waals surface area (Å²) in [7, 11) is 0.375. The molecule has 0 saturated carbocycles. The maximum Gasteiger partial charge on any atom is 0.275 e. The minimum absolute atomic E-state index is 0.127. The van der Waals surface area contributed by atoms with Crippen molar-refractivity contribution in [2.24, 2.45) is 0 Å². The topological polar surface area (TPSA) is 75.0 Å². The van der Waals surface area contributed by atoms with Crippen LogP contribution < -0.4 is 4.90 Å². The average molecular weight is 401 g/mol. The lowest BCUT2D eigenvalue weighted by molar-refractivity contribution is 0.0749. The van der Waals surface area contributed by atoms with Gasteiger partial charge in [0.05, 0.1) is 5.52 Å². The van der Waals surface area contributed by atoms with Gasteiger partial charge in [0.15, 0.2) is 5.69 Å². The first-order valence-corrected chi connectivity index (χ1v) is 10.8. The zero-order chi connectivity index (χ0) is 20.5. The maximum atomic E-state index is 13.2. The molecule has 1 amide bonds. The Morgan fingerprint density at radius 2 is 1.79 bits per heavy atom. The zero-order valence-corrected chi connectivity index (χ0v) is 17.3. The Morgan fingerprint density at radius 1 is 1.11 bits per heavy atom. The van der Waals surface area contributed by atoms with Crippen LogP contribution in [0.1, 0.15) is 23.0 Å². The number of pyridine rings is 1. The van der Waals surface area contributed by atoms with Gasteiger partial charge in [0, 0.05) is 45.3 Å². The first kappa shape index (κ1) is 19.9. The highest BCUT2D eigenvalue weighted by Gasteiger charge is 2.25. The van der Waals surface area contributed by atoms with Crippen LogP contribution in [-0.2, 0) is 16.4 Å². The van der Waals surface area contributed by atoms with Crippen molar-refractivity contribution < 1.29 is 13.2 Å². The zero-order valence-electron chi connectivity index (χ0n) is 16.5. The smallest absolute Gasteiger partial charge is 0.275 e. The number of amides is 1. The van der Waals surface area contributed by atoms with Crippen molar-refractivity contribution in [3.05, 3.63) is 59.9 Å². The molecule has 0 bridgehead atoms. The molecule has 28 heavy (non-hydrogen) atoms. The number of hydrogen-bond acceptors (Lipinski definition) is 5. The molecule has 2 heterocycles. The van der Waals surface area contributed by atoms with Crippen LogP contribution in [0, 0.1) is 0 Å². The first-order chi connectivity index (χ1) is 13.2. The summed E-state index contributed by atoms with van der Waals surface area (Å²) in [5.41, 5.74) is 2.70. The maximum absolute atomic E-state index is 13.2. The number of fused-ring (bicyclic) bond motifs is 1. The van der Waals surface area contributed by atoms with E-state index in [0.29, 0.717) is 18.6 Å². The van der Waals surface area contributed by atoms with Crippen molar-refractivity contribution in [1.82, 2.24) is 14.3 Å². The van der Waals surface area contributed by atoms with Gasteiger partial charge in [0.25, 0.3) is 5.91 Å². The molecular weight excluding hydrogens is 376 g/mol. The van der Waals surface area contributed by atoms with Crippen molar-refractivity contribution in [1.29, 1.82) is 0 Å². The Balaban J connectivity index is 1.95. The monoisotopic (exact) mass is 400 g/mol. The summed E-state index contributed by atoms with van der Waals surface area (Å²) >= 11 is 0. The molecule has 0 unspecified atom stereocenters. The molecular formula is C20H24N4O3S. The average Bonchev–Trinajstić information content (AvgIpc) is 3.06. The third kappa shape index (κ3) is 3.87. The van der Waals surface area contributed by atoms with Gasteiger partial charge in [-0.1, -0.05) is 18.2 Å². The largest absolute Gasteiger partial charge is 0.378 e. The SMILES string of the molecule is CCN(Cc1ccc(N(C)C)cc1)C(=O)c1nc(S(C)(=O)=O)n2ccccc12. The van der Waals surface area contributed by atoms with Crippen LogP contribution in [0.3, 0.4) is 0 Å². The second-order valence-corrected chi connectivity index (χ2v) is 8.76. The van der Waals surface area contributed by atoms with Gasteiger partial charge in [-0.05, 0) is 36.8 Å². The van der Waals surface area contributed by atoms with E-state index in [4.69, 9.17) is 0 Å². The van der Waals surface area contributed by atoms with Gasteiger partial charge in [-0.25, -0.2) is 13.4 Å². The molecule has 1 aromatic carbocycles. The summed E-state index contributed by atoms with van der Waals surface area (Å²) in [5, 5.41) is -0.127. The van der Waals surface area contributed by atoms with E-state index in [1.54, 1.807) is 29.3 Å². The van der Waals surface area contributed by atoms with Gasteiger partial charge < -0.3 is 9.80 Å². The molecule has 3 rings (SSSR count). The fourth-order valence-electron chi connectivity index (χ4n) is 3.03. The lowest BCUT2D eigenvalue weighted by Crippen LogP contribution is -2.30. The van der Waals surface area contributed by atoms with Crippen molar-refractivity contribution in [2.75, 3.05) is 31.8 Å². The Bertz CT molecular complexity index is 1100. The van der Waals surface area contributed by atoms with Crippen LogP contribution in [0.5, 0.6) is 0 Å². The number of sulfone groups is 1. The number of imidazole rings is 1. The highest BCUT2D eigenvalue weighted by molar-refractivity contribution is 7.90. The third-order valence-corrected chi connectivity index (χ3v) is 5.50. The predicted octanol–water partition coefficient (Wildman–Crippen LogP) is 2.47. The van der Waals surface area contributed by atoms with Crippen molar-refractivity contribution in [3.8, 4) is 0 Å². The predicted molar refractivity (Wildman–Crippen MR) is 109 cm³/mol. The van der Waals surface area contributed by atoms with Gasteiger partial charge in [-0.2, -0.15) is 0 Å². The van der Waals surface area contributed by atoms with Crippen LogP contribution in [0.2, 0.25) is 0 Å². The van der Waals surface area contributed by atoms with Crippen LogP contribution in [0.15, 0.2) is 53.8 Å². The van der Waals surface area contributed by atoms with Gasteiger partial charge in [-0.3, -0.25) is 9.20 Å². The standard InChI is InChI=1S/C20H24N4O3S/c1-5-23(14-15-9-11-16(12-10-15)22(2)3)19(25)18-17-8-6-7-13-24(17)20(21-18)28(4,26)27/h6-13H,5,14H2,1-4H3. The van der Waals surface area contributed by atoms with E-state index < -0.39 is 9.84 Å². The molecule has 8 heteroatoms. The van der Waals surface area contributed by atoms with Crippen molar-refractivity contribution in [2.45, 2.75) is 18.6 Å². The lowest BCUT2D eigenvalue weighted by atomic mass is 10.1. The number of carbonyl (C=O) groups is 1. The third-order valence-electron chi connectivity index (χ3n) is 4.55. The molecule has 0 N–H and O–H groups in total. The normalized spacial score (nSPS) is 11.6. The first-order valence-electron chi connectivity index (χ1n) is 8.95. The minimum Gasteiger partial charge on any atom is -0.378 e. The molecule has 0 aliphatic rings. The molecule has 0 aliphatic carbocycles. The van der Waals surface area contributed by atoms with Crippen LogP contribution >= 0.6 is 0 Å². The van der Waals surface area contributed by atoms with E-state index in [2.05, 4.69) is 4.98 Å². The molecule has 0 spiro atoms. The molecule has 148 valence electrons. The van der Waals surface area contributed by atoms with Gasteiger partial charge in [0.2, 0.25) is 15.0 Å². The number of carbonyl (C=O) groups excluding carboxylic acids is 1. The number of anilines is 1. The molecule has 0 fully saturated rings. The van der Waals surface area contributed by atoms with E-state index in [1.807, 2.05) is 50.2 Å². The summed E-state index contributed by atoms with van der Waals surface area (Å²) in [6, 6.07) is 13.1. The van der Waals surface area contributed by atoms with Crippen LogP contribution in [0.4, 0.5) is 5.69 Å². The second-order valence-electron chi connectivity index (χ2n) is 6.85. The van der Waals surface area contributed by atoms with E-state index in [0.717, 1.165) is 17.5 Å². The number of aromatic nitrogens is 2. The molecule has 0 saturated heterocycles. The van der Waals surface area contributed by atoms with E-state index in [1.165, 1.54) is 4.40 Å². The quantitative estimate of drug-likeness (QED) is 0.635. The molecule has 0 atom stereocenters. The van der Waals surface area contributed by atoms with E-state index in [9.17, 15) is 13.2 Å². The molecule has 2 aromatic heterocycles. The van der Waals surface area contributed by atoms with E-state index in [-0.39, 0.29) is 16.8 Å². The van der Waals surface area contributed by atoms with Crippen LogP contribution in [0.25, 0.3) is 5.52 Å². The van der Waals surface area contributed by atoms with Gasteiger partial charge in [-0.15, -0.1) is 0 Å². The highest BCUT2D eigenvalue weighted by atomic mass is 32.2. The summed E-state index contributed by atoms with van der Waals surface area (Å²) in [5.74, 6) is -0.294. The second kappa shape index (κ2) is 7.63. The molecule has 7 nitrogen and oxygen atoms in total. The Hall–Kier alpha value is -2.87. The van der Waals surface area contributed by atoms with Crippen molar-refractivity contribution >= 4 is 26.9 Å². The Kier molecular flexibility index (Phi) is 5.42. The number of nitrogens with zero attached hydrogens (tertiary/aromatic N) is 4. The number of benzene rings is 1. The lowest BCUT2D eigenvalue weighted by Gasteiger charge is -2.21. The van der Waals surface area contributed by atoms with Gasteiger partial charge in [0.1, 0.15) is 0 Å². The van der Waals surface area contributed by atoms with Crippen molar-refractivity contribution in [3.63, 3.8) is 0 Å². The van der Waals surface area contributed by atoms with Gasteiger partial charge >= 0.3 is 0 Å². The fraction of sp³-hybridized carbons (Fsp3) is 0.300. The van der Waals surface area contributed by atoms with E-state index >= 15 is 0 Å². The van der Waals surface area contributed by atoms with Crippen LogP contribution in [-0.4, -0.2) is 55.5 Å². The summed E-state index contributed by atoms with van der Waals surface area (Å²) < 4.78 is 25.6. The molecule has 3 aromatic rings. The summed E-state index contributed by atoms with van der Waals surface area (Å²) in [6.07, 6.45) is 2.69. The minimum atomic E-state index is -3.57. The summed E-state index contributed by atoms with van der Waals surface area (Å²) in [6.45, 7) is 2.79. The number of rotatable bonds is 6. The Labute approximate surface area is 165 Å². The molecule has 0 aliphatic heterocycles. The Morgan fingerprint density at radius 3 is 2.36 bits per heavy atom. The fourth-order valence-corrected chi connectivity index (χ4v) is 3.80. The highest BCUT2D eigenvalue weighted by Crippen LogP contribution is 2.20. The summed E-state index contributed by atoms with van der Waals surface area (Å²) in [4.78, 5) is 21.0. The molecule has 0 radical (unpaired) electrons.